The van der Waals surface area contributed by atoms with Crippen molar-refractivity contribution in [2.24, 2.45) is 11.8 Å². The third kappa shape index (κ3) is 20.0. The summed E-state index contributed by atoms with van der Waals surface area (Å²) >= 11 is -0.574. The van der Waals surface area contributed by atoms with Crippen molar-refractivity contribution in [3.05, 3.63) is 0 Å². The van der Waals surface area contributed by atoms with Crippen LogP contribution in [0.4, 0.5) is 0 Å². The second-order valence-corrected chi connectivity index (χ2v) is 7.61. The van der Waals surface area contributed by atoms with Gasteiger partial charge in [0.1, 0.15) is 11.6 Å². The molecule has 0 heterocycles. The summed E-state index contributed by atoms with van der Waals surface area (Å²) in [7, 11) is 0. The first-order valence-corrected chi connectivity index (χ1v) is 11.2. The van der Waals surface area contributed by atoms with Gasteiger partial charge in [-0.1, -0.05) is 27.7 Å². The summed E-state index contributed by atoms with van der Waals surface area (Å²) in [5, 5.41) is 20.4. The maximum absolute atomic E-state index is 10.8. The molecule has 0 saturated heterocycles. The maximum Gasteiger partial charge on any atom is 0.141 e. The second kappa shape index (κ2) is 20.2. The summed E-state index contributed by atoms with van der Waals surface area (Å²) in [5.74, 6) is -4.80. The molecule has 0 fully saturated rings. The number of carboxylic acids is 2. The Bertz CT molecular complexity index is 435. The van der Waals surface area contributed by atoms with E-state index in [0.717, 1.165) is 0 Å². The minimum atomic E-state index is -1.26. The van der Waals surface area contributed by atoms with E-state index in [1.807, 2.05) is 27.7 Å². The zero-order chi connectivity index (χ0) is 23.6. The fourth-order valence-corrected chi connectivity index (χ4v) is 2.45. The van der Waals surface area contributed by atoms with Crippen LogP contribution in [-0.2, 0) is 45.7 Å². The molecule has 168 valence electrons. The Balaban J connectivity index is -0.000000350. The zero-order valence-corrected chi connectivity index (χ0v) is 20.5. The Labute approximate surface area is 184 Å². The molecular formula is C20H36O8Ti. The fourth-order valence-electron chi connectivity index (χ4n) is 1.76. The van der Waals surface area contributed by atoms with Gasteiger partial charge in [0.05, 0.1) is 23.8 Å². The summed E-state index contributed by atoms with van der Waals surface area (Å²) in [6.45, 7) is 14.7. The van der Waals surface area contributed by atoms with Gasteiger partial charge < -0.3 is 19.8 Å². The van der Waals surface area contributed by atoms with Crippen molar-refractivity contribution in [1.29, 1.82) is 0 Å². The molecule has 0 bridgehead atoms. The van der Waals surface area contributed by atoms with Crippen LogP contribution in [0.15, 0.2) is 0 Å². The zero-order valence-electron chi connectivity index (χ0n) is 18.9. The molecule has 0 N–H and O–H groups in total. The van der Waals surface area contributed by atoms with Crippen LogP contribution < -0.4 is 10.2 Å². The van der Waals surface area contributed by atoms with Crippen molar-refractivity contribution in [2.45, 2.75) is 93.3 Å². The molecule has 0 aromatic carbocycles. The Kier molecular flexibility index (Phi) is 22.7. The van der Waals surface area contributed by atoms with E-state index in [1.54, 1.807) is 27.7 Å². The van der Waals surface area contributed by atoms with E-state index >= 15 is 0 Å². The Morgan fingerprint density at radius 2 is 0.966 bits per heavy atom. The number of rotatable bonds is 12. The number of Topliss-reactive ketones (excluding diaryl/α,β-unsaturated/α-hetero) is 2. The van der Waals surface area contributed by atoms with Gasteiger partial charge in [-0.25, -0.2) is 0 Å². The average Bonchev–Trinajstić information content (AvgIpc) is 2.62. The third-order valence-corrected chi connectivity index (χ3v) is 5.20. The quantitative estimate of drug-likeness (QED) is 0.319. The van der Waals surface area contributed by atoms with Crippen LogP contribution in [0.1, 0.15) is 81.1 Å². The van der Waals surface area contributed by atoms with Crippen LogP contribution in [-0.4, -0.2) is 35.7 Å². The molecule has 9 heteroatoms. The van der Waals surface area contributed by atoms with E-state index in [-0.39, 0.29) is 24.4 Å². The largest absolute Gasteiger partial charge is 0.549 e. The van der Waals surface area contributed by atoms with E-state index < -0.39 is 43.7 Å². The Morgan fingerprint density at radius 3 is 1.07 bits per heavy atom. The van der Waals surface area contributed by atoms with Gasteiger partial charge in [-0.15, -0.1) is 0 Å². The molecule has 0 saturated carbocycles. The third-order valence-electron chi connectivity index (χ3n) is 3.43. The standard InChI is InChI=1S/2C7H12O3.2C3H7O.Ti/c2*1-3-5(7(9)10)6(8)4-2;2*1-3(2)4;/h2*5H,3-4H2,1-2H3,(H,9,10);2*3H,1-2H3;/q;;2*-1;+4/p-2. The number of hydrogen-bond acceptors (Lipinski definition) is 8. The minimum Gasteiger partial charge on any atom is -0.549 e. The van der Waals surface area contributed by atoms with Crippen molar-refractivity contribution < 1.29 is 56.0 Å². The molecule has 29 heavy (non-hydrogen) atoms. The summed E-state index contributed by atoms with van der Waals surface area (Å²) < 4.78 is 10.5. The predicted molar refractivity (Wildman–Crippen MR) is 101 cm³/mol. The first kappa shape index (κ1) is 32.6. The molecule has 0 aliphatic rings. The van der Waals surface area contributed by atoms with Gasteiger partial charge in [-0.3, -0.25) is 9.59 Å². The topological polar surface area (TPSA) is 133 Å². The van der Waals surface area contributed by atoms with Crippen LogP contribution in [0.3, 0.4) is 0 Å². The molecule has 0 rings (SSSR count). The minimum absolute atomic E-state index is 0.248. The van der Waals surface area contributed by atoms with E-state index in [2.05, 4.69) is 0 Å². The van der Waals surface area contributed by atoms with Crippen molar-refractivity contribution in [2.75, 3.05) is 0 Å². The van der Waals surface area contributed by atoms with Crippen LogP contribution in [0.25, 0.3) is 0 Å². The van der Waals surface area contributed by atoms with Gasteiger partial charge in [0.2, 0.25) is 0 Å². The van der Waals surface area contributed by atoms with E-state index in [4.69, 9.17) is 6.64 Å². The fraction of sp³-hybridized carbons (Fsp3) is 0.800. The monoisotopic (exact) mass is 452 g/mol. The van der Waals surface area contributed by atoms with Crippen LogP contribution >= 0.6 is 0 Å². The summed E-state index contributed by atoms with van der Waals surface area (Å²) in [5.41, 5.74) is 0. The van der Waals surface area contributed by atoms with Crippen LogP contribution in [0.2, 0.25) is 0 Å². The Morgan fingerprint density at radius 1 is 0.690 bits per heavy atom. The summed E-state index contributed by atoms with van der Waals surface area (Å²) in [6, 6.07) is 0. The molecule has 8 nitrogen and oxygen atoms in total. The molecule has 0 aromatic rings. The summed E-state index contributed by atoms with van der Waals surface area (Å²) in [6.07, 6.45) is 1.84. The van der Waals surface area contributed by atoms with Crippen molar-refractivity contribution in [3.63, 3.8) is 0 Å². The molecule has 0 aromatic heterocycles. The average molecular weight is 452 g/mol. The smallest absolute Gasteiger partial charge is 0.141 e. The van der Waals surface area contributed by atoms with Gasteiger partial charge in [0.15, 0.2) is 0 Å². The van der Waals surface area contributed by atoms with Gasteiger partial charge in [-0.05, 0) is 12.8 Å². The van der Waals surface area contributed by atoms with E-state index in [0.29, 0.717) is 25.0 Å². The van der Waals surface area contributed by atoms with Crippen LogP contribution in [0, 0.1) is 11.8 Å². The van der Waals surface area contributed by atoms with Crippen molar-refractivity contribution in [1.82, 2.24) is 0 Å². The van der Waals surface area contributed by atoms with E-state index in [1.165, 1.54) is 0 Å². The van der Waals surface area contributed by atoms with Crippen LogP contribution in [0.5, 0.6) is 0 Å². The first-order valence-electron chi connectivity index (χ1n) is 9.92. The molecular weight excluding hydrogens is 416 g/mol. The normalized spacial score (nSPS) is 11.9. The number of hydrogen-bond donors (Lipinski definition) is 0. The first-order chi connectivity index (χ1) is 13.4. The van der Waals surface area contributed by atoms with Gasteiger partial charge in [-0.2, -0.15) is 0 Å². The van der Waals surface area contributed by atoms with Gasteiger partial charge in [0.25, 0.3) is 0 Å². The number of carbonyl (C=O) groups is 4. The molecule has 0 radical (unpaired) electrons. The maximum atomic E-state index is 10.8. The predicted octanol–water partition coefficient (Wildman–Crippen LogP) is 1.23. The summed E-state index contributed by atoms with van der Waals surface area (Å²) in [4.78, 5) is 41.9. The SMILES string of the molecule is CC(C)[O][Ti+2][O]C(C)C.CCC(=O)C(CC)C(=O)[O-].CCC(=O)C(CC)C(=O)[O-]. The van der Waals surface area contributed by atoms with E-state index in [9.17, 15) is 29.4 Å². The van der Waals surface area contributed by atoms with Gasteiger partial charge >= 0.3 is 66.5 Å². The molecule has 0 spiro atoms. The molecule has 0 amide bonds. The number of carbonyl (C=O) groups excluding carboxylic acids is 4. The van der Waals surface area contributed by atoms with Crippen molar-refractivity contribution >= 4 is 23.5 Å². The number of aliphatic carboxylic acids is 2. The second-order valence-electron chi connectivity index (χ2n) is 6.62. The molecule has 2 unspecified atom stereocenters. The van der Waals surface area contributed by atoms with Crippen molar-refractivity contribution in [3.8, 4) is 0 Å². The Hall–Kier alpha value is -1.09. The molecule has 0 aliphatic carbocycles. The molecule has 0 aliphatic heterocycles. The number of ketones is 2. The molecule has 2 atom stereocenters. The van der Waals surface area contributed by atoms with Gasteiger partial charge in [0, 0.05) is 12.8 Å². The number of carboxylic acid groups (broad SMARTS) is 2.